The van der Waals surface area contributed by atoms with Crippen LogP contribution in [0.3, 0.4) is 0 Å². The smallest absolute Gasteiger partial charge is 0.0886 e. The number of nitrogens with zero attached hydrogens (tertiary/aromatic N) is 1. The summed E-state index contributed by atoms with van der Waals surface area (Å²) in [7, 11) is 0. The van der Waals surface area contributed by atoms with E-state index in [-0.39, 0.29) is 0 Å². The molecule has 1 aliphatic rings. The maximum atomic E-state index is 3.93. The fourth-order valence-corrected chi connectivity index (χ4v) is 1.10. The van der Waals surface area contributed by atoms with E-state index in [9.17, 15) is 0 Å². The van der Waals surface area contributed by atoms with Gasteiger partial charge < -0.3 is 5.32 Å². The Hall–Kier alpha value is -0.890. The van der Waals surface area contributed by atoms with Gasteiger partial charge in [-0.25, -0.2) is 0 Å². The third-order valence-electron chi connectivity index (χ3n) is 1.89. The molecule has 2 heteroatoms. The van der Waals surface area contributed by atoms with E-state index >= 15 is 0 Å². The van der Waals surface area contributed by atoms with Gasteiger partial charge in [-0.05, 0) is 11.6 Å². The van der Waals surface area contributed by atoms with Crippen LogP contribution in [0.5, 0.6) is 0 Å². The van der Waals surface area contributed by atoms with E-state index in [0.29, 0.717) is 5.92 Å². The molecule has 0 unspecified atom stereocenters. The van der Waals surface area contributed by atoms with Gasteiger partial charge in [0.2, 0.25) is 0 Å². The van der Waals surface area contributed by atoms with Crippen LogP contribution in [0.15, 0.2) is 18.3 Å². The van der Waals surface area contributed by atoms with Gasteiger partial charge in [0, 0.05) is 25.2 Å². The highest BCUT2D eigenvalue weighted by Gasteiger charge is 2.17. The summed E-state index contributed by atoms with van der Waals surface area (Å²) in [5.74, 6) is 0.696. The van der Waals surface area contributed by atoms with Crippen molar-refractivity contribution >= 4 is 0 Å². The quantitative estimate of drug-likeness (QED) is 0.605. The monoisotopic (exact) mass is 133 g/mol. The minimum Gasteiger partial charge on any atom is -0.315 e. The molecule has 1 fully saturated rings. The largest absolute Gasteiger partial charge is 0.315 e. The summed E-state index contributed by atoms with van der Waals surface area (Å²) < 4.78 is 0. The molecule has 0 aliphatic carbocycles. The molecule has 2 heterocycles. The summed E-state index contributed by atoms with van der Waals surface area (Å²) in [5.41, 5.74) is 1.33. The summed E-state index contributed by atoms with van der Waals surface area (Å²) in [6.07, 6.45) is 4.66. The molecule has 2 nitrogen and oxygen atoms in total. The Bertz CT molecular complexity index is 204. The van der Waals surface area contributed by atoms with Gasteiger partial charge in [-0.2, -0.15) is 0 Å². The van der Waals surface area contributed by atoms with Crippen LogP contribution < -0.4 is 5.32 Å². The molecule has 51 valence electrons. The highest BCUT2D eigenvalue weighted by atomic mass is 14.9. The summed E-state index contributed by atoms with van der Waals surface area (Å²) in [4.78, 5) is 3.93. The van der Waals surface area contributed by atoms with Gasteiger partial charge in [0.25, 0.3) is 0 Å². The van der Waals surface area contributed by atoms with E-state index in [1.54, 1.807) is 0 Å². The van der Waals surface area contributed by atoms with E-state index in [4.69, 9.17) is 0 Å². The molecular formula is C8H9N2. The lowest BCUT2D eigenvalue weighted by Gasteiger charge is -2.26. The molecule has 1 saturated heterocycles. The van der Waals surface area contributed by atoms with E-state index in [1.807, 2.05) is 12.3 Å². The van der Waals surface area contributed by atoms with Crippen molar-refractivity contribution in [3.63, 3.8) is 0 Å². The van der Waals surface area contributed by atoms with Crippen molar-refractivity contribution in [2.75, 3.05) is 13.1 Å². The molecule has 0 bridgehead atoms. The molecule has 0 spiro atoms. The fourth-order valence-electron chi connectivity index (χ4n) is 1.10. The third-order valence-corrected chi connectivity index (χ3v) is 1.89. The van der Waals surface area contributed by atoms with Gasteiger partial charge in [-0.1, -0.05) is 6.07 Å². The van der Waals surface area contributed by atoms with E-state index in [0.717, 1.165) is 13.1 Å². The van der Waals surface area contributed by atoms with Gasteiger partial charge in [0.15, 0.2) is 0 Å². The molecule has 0 aromatic carbocycles. The molecule has 1 aromatic heterocycles. The molecular weight excluding hydrogens is 124 g/mol. The Balaban J connectivity index is 2.18. The van der Waals surface area contributed by atoms with Crippen LogP contribution >= 0.6 is 0 Å². The number of nitrogens with one attached hydrogen (secondary N) is 1. The van der Waals surface area contributed by atoms with Crippen LogP contribution in [0.25, 0.3) is 0 Å². The summed E-state index contributed by atoms with van der Waals surface area (Å²) in [5, 5.41) is 3.22. The topological polar surface area (TPSA) is 24.9 Å². The lowest BCUT2D eigenvalue weighted by molar-refractivity contribution is 0.447. The first-order valence-corrected chi connectivity index (χ1v) is 3.49. The Morgan fingerprint density at radius 3 is 3.00 bits per heavy atom. The average molecular weight is 133 g/mol. The molecule has 10 heavy (non-hydrogen) atoms. The third kappa shape index (κ3) is 0.907. The van der Waals surface area contributed by atoms with Gasteiger partial charge in [-0.3, -0.25) is 4.98 Å². The van der Waals surface area contributed by atoms with E-state index in [1.165, 1.54) is 5.56 Å². The van der Waals surface area contributed by atoms with Crippen LogP contribution in [-0.4, -0.2) is 18.1 Å². The zero-order valence-electron chi connectivity index (χ0n) is 5.67. The van der Waals surface area contributed by atoms with Crippen LogP contribution in [0, 0.1) is 6.20 Å². The van der Waals surface area contributed by atoms with Crippen molar-refractivity contribution in [3.8, 4) is 0 Å². The molecule has 1 radical (unpaired) electrons. The van der Waals surface area contributed by atoms with Gasteiger partial charge in [-0.15, -0.1) is 0 Å². The Morgan fingerprint density at radius 1 is 1.60 bits per heavy atom. The molecule has 2 rings (SSSR count). The first-order valence-electron chi connectivity index (χ1n) is 3.49. The number of pyridine rings is 1. The number of aromatic nitrogens is 1. The standard InChI is InChI=1S/C8H9N2/c1-2-7(4-9-3-1)8-5-10-6-8/h1-2,4,8,10H,5-6H2. The predicted octanol–water partition coefficient (Wildman–Crippen LogP) is 0.569. The Labute approximate surface area is 60.3 Å². The highest BCUT2D eigenvalue weighted by Crippen LogP contribution is 2.17. The van der Waals surface area contributed by atoms with E-state index in [2.05, 4.69) is 22.6 Å². The van der Waals surface area contributed by atoms with Gasteiger partial charge in [0.1, 0.15) is 0 Å². The fraction of sp³-hybridized carbons (Fsp3) is 0.375. The van der Waals surface area contributed by atoms with Crippen molar-refractivity contribution in [2.45, 2.75) is 5.92 Å². The van der Waals surface area contributed by atoms with Crippen molar-refractivity contribution in [1.29, 1.82) is 0 Å². The zero-order valence-corrected chi connectivity index (χ0v) is 5.67. The lowest BCUT2D eigenvalue weighted by atomic mass is 9.96. The number of hydrogen-bond donors (Lipinski definition) is 1. The van der Waals surface area contributed by atoms with Crippen molar-refractivity contribution in [1.82, 2.24) is 10.3 Å². The first-order chi connectivity index (χ1) is 4.97. The number of rotatable bonds is 1. The molecule has 0 saturated carbocycles. The van der Waals surface area contributed by atoms with Crippen molar-refractivity contribution in [3.05, 3.63) is 30.1 Å². The predicted molar refractivity (Wildman–Crippen MR) is 38.7 cm³/mol. The average Bonchev–Trinajstić information content (AvgIpc) is 1.86. The SMILES string of the molecule is [c]1ccc(C2CNC2)cn1. The summed E-state index contributed by atoms with van der Waals surface area (Å²) in [6, 6.07) is 3.95. The van der Waals surface area contributed by atoms with Gasteiger partial charge >= 0.3 is 0 Å². The van der Waals surface area contributed by atoms with Crippen LogP contribution in [0.2, 0.25) is 0 Å². The normalized spacial score (nSPS) is 18.4. The second kappa shape index (κ2) is 2.39. The van der Waals surface area contributed by atoms with Crippen molar-refractivity contribution in [2.24, 2.45) is 0 Å². The zero-order chi connectivity index (χ0) is 6.81. The molecule has 1 aliphatic heterocycles. The van der Waals surface area contributed by atoms with Crippen LogP contribution in [0.1, 0.15) is 11.5 Å². The minimum atomic E-state index is 0.696. The maximum Gasteiger partial charge on any atom is 0.0886 e. The molecule has 0 atom stereocenters. The van der Waals surface area contributed by atoms with E-state index < -0.39 is 0 Å². The Kier molecular flexibility index (Phi) is 1.40. The summed E-state index contributed by atoms with van der Waals surface area (Å²) >= 11 is 0. The minimum absolute atomic E-state index is 0.696. The second-order valence-corrected chi connectivity index (χ2v) is 2.58. The number of hydrogen-bond acceptors (Lipinski definition) is 2. The van der Waals surface area contributed by atoms with Crippen LogP contribution in [0.4, 0.5) is 0 Å². The summed E-state index contributed by atoms with van der Waals surface area (Å²) in [6.45, 7) is 2.21. The molecule has 0 amide bonds. The van der Waals surface area contributed by atoms with Gasteiger partial charge in [0.05, 0.1) is 6.20 Å². The molecule has 1 N–H and O–H groups in total. The van der Waals surface area contributed by atoms with Crippen LogP contribution in [-0.2, 0) is 0 Å². The first kappa shape index (κ1) is 5.86. The lowest BCUT2D eigenvalue weighted by Crippen LogP contribution is -2.39. The Morgan fingerprint density at radius 2 is 2.50 bits per heavy atom. The second-order valence-electron chi connectivity index (χ2n) is 2.58. The van der Waals surface area contributed by atoms with Crippen molar-refractivity contribution < 1.29 is 0 Å². The molecule has 1 aromatic rings. The highest BCUT2D eigenvalue weighted by molar-refractivity contribution is 5.17. The maximum absolute atomic E-state index is 3.93.